The van der Waals surface area contributed by atoms with E-state index in [0.717, 1.165) is 31.2 Å². The minimum Gasteiger partial charge on any atom is -0.465 e. The number of nitrogens with zero attached hydrogens (tertiary/aromatic N) is 1. The first kappa shape index (κ1) is 16.1. The number of aliphatic hydroxyl groups is 1. The molecule has 1 amide bonds. The Kier molecular flexibility index (Phi) is 5.48. The lowest BCUT2D eigenvalue weighted by atomic mass is 9.79. The number of carbonyl (C=O) groups is 1. The average Bonchev–Trinajstić information content (AvgIpc) is 2.48. The van der Waals surface area contributed by atoms with Crippen molar-refractivity contribution in [1.29, 1.82) is 0 Å². The van der Waals surface area contributed by atoms with Crippen LogP contribution >= 0.6 is 11.6 Å². The zero-order valence-corrected chi connectivity index (χ0v) is 13.0. The molecule has 0 bridgehead atoms. The fourth-order valence-electron chi connectivity index (χ4n) is 3.27. The standard InChI is InChI=1S/C16H22ClNO3/c1-2-15(19)18(16(20)21)14-10-6-4-8-12(14)11-7-3-5-9-13(11)17/h3,5,7,9,12,14-15,19H,2,4,6,8,10H2,1H3,(H,20,21)/t12-,14+,15?/m1/s1. The van der Waals surface area contributed by atoms with Gasteiger partial charge in [-0.15, -0.1) is 0 Å². The molecule has 116 valence electrons. The van der Waals surface area contributed by atoms with E-state index in [9.17, 15) is 15.0 Å². The molecule has 0 aliphatic heterocycles. The van der Waals surface area contributed by atoms with Gasteiger partial charge in [-0.25, -0.2) is 4.79 Å². The molecule has 1 aliphatic rings. The van der Waals surface area contributed by atoms with E-state index < -0.39 is 12.3 Å². The Labute approximate surface area is 130 Å². The van der Waals surface area contributed by atoms with E-state index >= 15 is 0 Å². The molecule has 3 atom stereocenters. The van der Waals surface area contributed by atoms with E-state index in [1.165, 1.54) is 4.90 Å². The van der Waals surface area contributed by atoms with E-state index in [2.05, 4.69) is 0 Å². The molecule has 1 saturated carbocycles. The van der Waals surface area contributed by atoms with Gasteiger partial charge in [0, 0.05) is 17.0 Å². The topological polar surface area (TPSA) is 60.8 Å². The first-order valence-electron chi connectivity index (χ1n) is 7.50. The lowest BCUT2D eigenvalue weighted by molar-refractivity contribution is -0.0274. The van der Waals surface area contributed by atoms with Gasteiger partial charge in [-0.3, -0.25) is 4.90 Å². The Morgan fingerprint density at radius 3 is 2.67 bits per heavy atom. The van der Waals surface area contributed by atoms with E-state index in [1.54, 1.807) is 6.92 Å². The van der Waals surface area contributed by atoms with E-state index in [4.69, 9.17) is 11.6 Å². The zero-order chi connectivity index (χ0) is 15.4. The maximum Gasteiger partial charge on any atom is 0.409 e. The van der Waals surface area contributed by atoms with Crippen LogP contribution in [0, 0.1) is 0 Å². The van der Waals surface area contributed by atoms with Crippen molar-refractivity contribution in [3.63, 3.8) is 0 Å². The van der Waals surface area contributed by atoms with Crippen LogP contribution in [0.2, 0.25) is 5.02 Å². The highest BCUT2D eigenvalue weighted by Crippen LogP contribution is 2.39. The summed E-state index contributed by atoms with van der Waals surface area (Å²) in [6.07, 6.45) is 2.06. The van der Waals surface area contributed by atoms with Crippen LogP contribution < -0.4 is 0 Å². The smallest absolute Gasteiger partial charge is 0.409 e. The van der Waals surface area contributed by atoms with Gasteiger partial charge in [0.05, 0.1) is 0 Å². The normalized spacial score (nSPS) is 23.6. The number of carboxylic acid groups (broad SMARTS) is 1. The molecule has 5 heteroatoms. The van der Waals surface area contributed by atoms with Crippen molar-refractivity contribution in [3.8, 4) is 0 Å². The molecular formula is C16H22ClNO3. The maximum atomic E-state index is 11.6. The van der Waals surface area contributed by atoms with Crippen LogP contribution in [0.15, 0.2) is 24.3 Å². The van der Waals surface area contributed by atoms with E-state index in [1.807, 2.05) is 24.3 Å². The van der Waals surface area contributed by atoms with Crippen molar-refractivity contribution in [3.05, 3.63) is 34.9 Å². The summed E-state index contributed by atoms with van der Waals surface area (Å²) in [5, 5.41) is 20.3. The third-order valence-electron chi connectivity index (χ3n) is 4.30. The Morgan fingerprint density at radius 1 is 1.38 bits per heavy atom. The number of benzene rings is 1. The highest BCUT2D eigenvalue weighted by atomic mass is 35.5. The van der Waals surface area contributed by atoms with Gasteiger partial charge in [-0.2, -0.15) is 0 Å². The van der Waals surface area contributed by atoms with Crippen molar-refractivity contribution in [2.75, 3.05) is 0 Å². The molecule has 1 aromatic carbocycles. The molecule has 21 heavy (non-hydrogen) atoms. The van der Waals surface area contributed by atoms with Crippen molar-refractivity contribution >= 4 is 17.7 Å². The SMILES string of the molecule is CCC(O)N(C(=O)O)[C@H]1CCCC[C@@H]1c1ccccc1Cl. The Balaban J connectivity index is 2.34. The van der Waals surface area contributed by atoms with Gasteiger partial charge < -0.3 is 10.2 Å². The quantitative estimate of drug-likeness (QED) is 0.824. The molecule has 1 aromatic rings. The number of halogens is 1. The monoisotopic (exact) mass is 311 g/mol. The largest absolute Gasteiger partial charge is 0.465 e. The number of hydrogen-bond acceptors (Lipinski definition) is 2. The Morgan fingerprint density at radius 2 is 2.05 bits per heavy atom. The fraction of sp³-hybridized carbons (Fsp3) is 0.562. The summed E-state index contributed by atoms with van der Waals surface area (Å²) in [6.45, 7) is 1.79. The molecule has 0 aromatic heterocycles. The summed E-state index contributed by atoms with van der Waals surface area (Å²) < 4.78 is 0. The predicted octanol–water partition coefficient (Wildman–Crippen LogP) is 4.07. The van der Waals surface area contributed by atoms with E-state index in [0.29, 0.717) is 11.4 Å². The first-order chi connectivity index (χ1) is 10.1. The van der Waals surface area contributed by atoms with Gasteiger partial charge in [0.2, 0.25) is 0 Å². The van der Waals surface area contributed by atoms with Gasteiger partial charge in [-0.1, -0.05) is 49.6 Å². The van der Waals surface area contributed by atoms with Gasteiger partial charge in [0.1, 0.15) is 6.23 Å². The number of hydrogen-bond donors (Lipinski definition) is 2. The second kappa shape index (κ2) is 7.14. The minimum absolute atomic E-state index is 0.0461. The first-order valence-corrected chi connectivity index (χ1v) is 7.87. The lowest BCUT2D eigenvalue weighted by Crippen LogP contribution is -2.50. The average molecular weight is 312 g/mol. The summed E-state index contributed by atoms with van der Waals surface area (Å²) in [5.74, 6) is 0.0461. The highest BCUT2D eigenvalue weighted by Gasteiger charge is 2.37. The second-order valence-corrected chi connectivity index (χ2v) is 5.97. The van der Waals surface area contributed by atoms with Gasteiger partial charge in [0.15, 0.2) is 0 Å². The minimum atomic E-state index is -1.06. The van der Waals surface area contributed by atoms with Crippen molar-refractivity contribution in [2.24, 2.45) is 0 Å². The van der Waals surface area contributed by atoms with Crippen molar-refractivity contribution in [2.45, 2.75) is 57.2 Å². The predicted molar refractivity (Wildman–Crippen MR) is 82.6 cm³/mol. The number of amides is 1. The number of aliphatic hydroxyl groups excluding tert-OH is 1. The van der Waals surface area contributed by atoms with Crippen LogP contribution in [0.25, 0.3) is 0 Å². The van der Waals surface area contributed by atoms with Crippen molar-refractivity contribution < 1.29 is 15.0 Å². The van der Waals surface area contributed by atoms with Crippen LogP contribution in [0.1, 0.15) is 50.5 Å². The summed E-state index contributed by atoms with van der Waals surface area (Å²) in [5.41, 5.74) is 0.985. The van der Waals surface area contributed by atoms with E-state index in [-0.39, 0.29) is 12.0 Å². The second-order valence-electron chi connectivity index (χ2n) is 5.56. The molecule has 0 radical (unpaired) electrons. The molecule has 0 heterocycles. The van der Waals surface area contributed by atoms with Crippen LogP contribution in [-0.2, 0) is 0 Å². The molecule has 0 spiro atoms. The van der Waals surface area contributed by atoms with Crippen LogP contribution in [0.4, 0.5) is 4.79 Å². The molecule has 0 saturated heterocycles. The highest BCUT2D eigenvalue weighted by molar-refractivity contribution is 6.31. The Hall–Kier alpha value is -1.26. The third kappa shape index (κ3) is 3.50. The fourth-order valence-corrected chi connectivity index (χ4v) is 3.55. The molecule has 2 N–H and O–H groups in total. The molecule has 1 aliphatic carbocycles. The van der Waals surface area contributed by atoms with Crippen LogP contribution in [0.3, 0.4) is 0 Å². The molecule has 1 unspecified atom stereocenters. The zero-order valence-electron chi connectivity index (χ0n) is 12.2. The molecule has 2 rings (SSSR count). The molecule has 4 nitrogen and oxygen atoms in total. The van der Waals surface area contributed by atoms with Crippen LogP contribution in [-0.4, -0.2) is 33.5 Å². The summed E-state index contributed by atoms with van der Waals surface area (Å²) >= 11 is 6.29. The van der Waals surface area contributed by atoms with Gasteiger partial charge >= 0.3 is 6.09 Å². The Bertz CT molecular complexity index is 494. The van der Waals surface area contributed by atoms with Crippen molar-refractivity contribution in [1.82, 2.24) is 4.90 Å². The summed E-state index contributed by atoms with van der Waals surface area (Å²) in [6, 6.07) is 7.38. The molecular weight excluding hydrogens is 290 g/mol. The summed E-state index contributed by atoms with van der Waals surface area (Å²) in [4.78, 5) is 12.8. The van der Waals surface area contributed by atoms with Crippen LogP contribution in [0.5, 0.6) is 0 Å². The lowest BCUT2D eigenvalue weighted by Gasteiger charge is -2.41. The number of rotatable bonds is 4. The van der Waals surface area contributed by atoms with Gasteiger partial charge in [-0.05, 0) is 30.9 Å². The summed E-state index contributed by atoms with van der Waals surface area (Å²) in [7, 11) is 0. The third-order valence-corrected chi connectivity index (χ3v) is 4.64. The molecule has 1 fully saturated rings. The maximum absolute atomic E-state index is 11.6. The van der Waals surface area contributed by atoms with Gasteiger partial charge in [0.25, 0.3) is 0 Å².